The smallest absolute Gasteiger partial charge is 0.172 e. The van der Waals surface area contributed by atoms with Gasteiger partial charge < -0.3 is 14.6 Å². The molecule has 1 saturated carbocycles. The van der Waals surface area contributed by atoms with E-state index in [4.69, 9.17) is 4.42 Å². The second kappa shape index (κ2) is 5.52. The van der Waals surface area contributed by atoms with Gasteiger partial charge in [0.25, 0.3) is 0 Å². The van der Waals surface area contributed by atoms with E-state index in [0.717, 1.165) is 29.6 Å². The molecule has 1 heterocycles. The Balaban J connectivity index is 2.08. The topological polar surface area (TPSA) is 70.7 Å². The van der Waals surface area contributed by atoms with Gasteiger partial charge in [-0.25, -0.2) is 0 Å². The molecule has 25 heavy (non-hydrogen) atoms. The molecule has 1 aromatic carbocycles. The molecule has 2 N–H and O–H groups in total. The summed E-state index contributed by atoms with van der Waals surface area (Å²) in [7, 11) is 0. The number of carbonyl (C=O) groups is 1. The van der Waals surface area contributed by atoms with E-state index in [-0.39, 0.29) is 22.6 Å². The van der Waals surface area contributed by atoms with Gasteiger partial charge in [0.05, 0.1) is 0 Å². The van der Waals surface area contributed by atoms with Gasteiger partial charge >= 0.3 is 0 Å². The minimum absolute atomic E-state index is 0.0213. The van der Waals surface area contributed by atoms with Crippen LogP contribution in [0.1, 0.15) is 80.5 Å². The standard InChI is InChI=1S/C21H26O4/c1-11-5-4-8-21(3)15(11)7-6-12(2)19-17(21)13-9-16(23)18(24)14(10-22)20(13)25-19/h9-12,15,23-24H,4-8H2,1-3H3/t11-,12+,15?,21-/m0/s1. The maximum absolute atomic E-state index is 11.5. The number of carbonyl (C=O) groups excluding carboxylic acids is 1. The largest absolute Gasteiger partial charge is 0.504 e. The Labute approximate surface area is 147 Å². The monoisotopic (exact) mass is 342 g/mol. The van der Waals surface area contributed by atoms with Gasteiger partial charge in [-0.1, -0.05) is 33.6 Å². The van der Waals surface area contributed by atoms with Crippen LogP contribution in [0.3, 0.4) is 0 Å². The predicted octanol–water partition coefficient (Wildman–Crippen LogP) is 5.25. The average Bonchev–Trinajstić information content (AvgIpc) is 2.90. The molecular weight excluding hydrogens is 316 g/mol. The summed E-state index contributed by atoms with van der Waals surface area (Å²) in [5, 5.41) is 21.0. The lowest BCUT2D eigenvalue weighted by Crippen LogP contribution is -2.39. The molecule has 134 valence electrons. The van der Waals surface area contributed by atoms with Crippen molar-refractivity contribution < 1.29 is 19.4 Å². The van der Waals surface area contributed by atoms with E-state index >= 15 is 0 Å². The lowest BCUT2D eigenvalue weighted by molar-refractivity contribution is 0.112. The van der Waals surface area contributed by atoms with Crippen molar-refractivity contribution in [1.82, 2.24) is 0 Å². The first kappa shape index (κ1) is 16.5. The first-order chi connectivity index (χ1) is 11.9. The Kier molecular flexibility index (Phi) is 3.64. The summed E-state index contributed by atoms with van der Waals surface area (Å²) in [5.41, 5.74) is 1.61. The Morgan fingerprint density at radius 3 is 2.72 bits per heavy atom. The molecule has 0 saturated heterocycles. The molecule has 2 aliphatic rings. The summed E-state index contributed by atoms with van der Waals surface area (Å²) in [6.45, 7) is 6.84. The van der Waals surface area contributed by atoms with Crippen LogP contribution in [0.25, 0.3) is 11.0 Å². The van der Waals surface area contributed by atoms with Gasteiger partial charge in [-0.3, -0.25) is 4.79 Å². The Hall–Kier alpha value is -1.97. The highest BCUT2D eigenvalue weighted by molar-refractivity contribution is 6.01. The minimum atomic E-state index is -0.391. The first-order valence-electron chi connectivity index (χ1n) is 9.35. The van der Waals surface area contributed by atoms with E-state index in [1.54, 1.807) is 6.07 Å². The van der Waals surface area contributed by atoms with Crippen LogP contribution in [0.5, 0.6) is 11.5 Å². The lowest BCUT2D eigenvalue weighted by Gasteiger charge is -2.45. The fourth-order valence-corrected chi connectivity index (χ4v) is 5.58. The van der Waals surface area contributed by atoms with Crippen LogP contribution in [-0.4, -0.2) is 16.5 Å². The molecule has 0 bridgehead atoms. The van der Waals surface area contributed by atoms with Crippen LogP contribution in [0, 0.1) is 11.8 Å². The van der Waals surface area contributed by atoms with Crippen molar-refractivity contribution in [3.05, 3.63) is 23.0 Å². The highest BCUT2D eigenvalue weighted by Crippen LogP contribution is 2.56. The summed E-state index contributed by atoms with van der Waals surface area (Å²) in [5.74, 6) is 1.78. The van der Waals surface area contributed by atoms with Crippen LogP contribution in [0.15, 0.2) is 10.5 Å². The maximum atomic E-state index is 11.5. The molecule has 1 aromatic heterocycles. The lowest BCUT2D eigenvalue weighted by atomic mass is 9.59. The molecule has 0 spiro atoms. The van der Waals surface area contributed by atoms with Gasteiger partial charge in [0.1, 0.15) is 16.9 Å². The third-order valence-electron chi connectivity index (χ3n) is 6.90. The SMILES string of the molecule is C[C@@H]1CCC2[C@@H](C)CCC[C@]2(C)c2c1oc1c(C=O)c(O)c(O)cc21. The summed E-state index contributed by atoms with van der Waals surface area (Å²) >= 11 is 0. The highest BCUT2D eigenvalue weighted by Gasteiger charge is 2.47. The number of benzene rings is 1. The summed E-state index contributed by atoms with van der Waals surface area (Å²) < 4.78 is 6.19. The molecule has 4 rings (SSSR count). The Morgan fingerprint density at radius 2 is 2.00 bits per heavy atom. The summed E-state index contributed by atoms with van der Waals surface area (Å²) in [4.78, 5) is 11.5. The molecule has 2 aliphatic carbocycles. The van der Waals surface area contributed by atoms with Crippen LogP contribution in [0.4, 0.5) is 0 Å². The number of rotatable bonds is 1. The van der Waals surface area contributed by atoms with Crippen molar-refractivity contribution >= 4 is 17.3 Å². The van der Waals surface area contributed by atoms with Gasteiger partial charge in [-0.05, 0) is 42.6 Å². The van der Waals surface area contributed by atoms with E-state index < -0.39 is 5.75 Å². The second-order valence-corrected chi connectivity index (χ2v) is 8.37. The van der Waals surface area contributed by atoms with Crippen molar-refractivity contribution in [3.8, 4) is 11.5 Å². The van der Waals surface area contributed by atoms with Crippen LogP contribution >= 0.6 is 0 Å². The molecule has 0 amide bonds. The minimum Gasteiger partial charge on any atom is -0.504 e. The van der Waals surface area contributed by atoms with E-state index in [0.29, 0.717) is 23.7 Å². The summed E-state index contributed by atoms with van der Waals surface area (Å²) in [6.07, 6.45) is 6.34. The van der Waals surface area contributed by atoms with Gasteiger partial charge in [0.15, 0.2) is 17.8 Å². The third-order valence-corrected chi connectivity index (χ3v) is 6.90. The molecule has 4 heteroatoms. The number of fused-ring (bicyclic) bond motifs is 5. The molecule has 0 aliphatic heterocycles. The number of hydrogen-bond acceptors (Lipinski definition) is 4. The molecule has 1 unspecified atom stereocenters. The van der Waals surface area contributed by atoms with Crippen LogP contribution < -0.4 is 0 Å². The van der Waals surface area contributed by atoms with Crippen molar-refractivity contribution in [3.63, 3.8) is 0 Å². The quantitative estimate of drug-likeness (QED) is 0.548. The van der Waals surface area contributed by atoms with E-state index in [2.05, 4.69) is 20.8 Å². The zero-order valence-corrected chi connectivity index (χ0v) is 15.1. The Bertz CT molecular complexity index is 849. The van der Waals surface area contributed by atoms with Gasteiger partial charge in [0, 0.05) is 16.9 Å². The zero-order chi connectivity index (χ0) is 17.9. The number of aldehydes is 1. The van der Waals surface area contributed by atoms with E-state index in [1.165, 1.54) is 19.3 Å². The van der Waals surface area contributed by atoms with E-state index in [1.807, 2.05) is 0 Å². The maximum Gasteiger partial charge on any atom is 0.172 e. The second-order valence-electron chi connectivity index (χ2n) is 8.37. The first-order valence-corrected chi connectivity index (χ1v) is 9.35. The van der Waals surface area contributed by atoms with Crippen molar-refractivity contribution in [1.29, 1.82) is 0 Å². The van der Waals surface area contributed by atoms with Gasteiger partial charge in [-0.15, -0.1) is 0 Å². The zero-order valence-electron chi connectivity index (χ0n) is 15.1. The van der Waals surface area contributed by atoms with Crippen LogP contribution in [-0.2, 0) is 5.41 Å². The fraction of sp³-hybridized carbons (Fsp3) is 0.571. The molecule has 2 aromatic rings. The van der Waals surface area contributed by atoms with Crippen molar-refractivity contribution in [2.24, 2.45) is 11.8 Å². The van der Waals surface area contributed by atoms with Crippen molar-refractivity contribution in [2.75, 3.05) is 0 Å². The van der Waals surface area contributed by atoms with Crippen LogP contribution in [0.2, 0.25) is 0 Å². The van der Waals surface area contributed by atoms with E-state index in [9.17, 15) is 15.0 Å². The average molecular weight is 342 g/mol. The number of phenolic OH excluding ortho intramolecular Hbond substituents is 2. The summed E-state index contributed by atoms with van der Waals surface area (Å²) in [6, 6.07) is 1.58. The molecule has 1 fully saturated rings. The predicted molar refractivity (Wildman–Crippen MR) is 96.4 cm³/mol. The van der Waals surface area contributed by atoms with Gasteiger partial charge in [-0.2, -0.15) is 0 Å². The molecule has 4 nitrogen and oxygen atoms in total. The number of aromatic hydroxyl groups is 2. The number of hydrogen-bond donors (Lipinski definition) is 2. The molecular formula is C21H26O4. The van der Waals surface area contributed by atoms with Gasteiger partial charge in [0.2, 0.25) is 0 Å². The molecule has 4 atom stereocenters. The fourth-order valence-electron chi connectivity index (χ4n) is 5.58. The Morgan fingerprint density at radius 1 is 1.24 bits per heavy atom. The number of phenols is 2. The third kappa shape index (κ3) is 2.16. The molecule has 0 radical (unpaired) electrons. The normalized spacial score (nSPS) is 32.0. The number of furan rings is 1. The van der Waals surface area contributed by atoms with Crippen molar-refractivity contribution in [2.45, 2.75) is 64.2 Å². The highest BCUT2D eigenvalue weighted by atomic mass is 16.3.